The lowest BCUT2D eigenvalue weighted by Gasteiger charge is -2.28. The molecule has 1 saturated heterocycles. The SMILES string of the molecule is OCCCN1C(=S)N[C@@H](c2ccccn2)[C@H]1c1cccn1-c1ccncc1. The minimum Gasteiger partial charge on any atom is -0.396 e. The smallest absolute Gasteiger partial charge is 0.170 e. The first-order valence-electron chi connectivity index (χ1n) is 8.96. The van der Waals surface area contributed by atoms with Gasteiger partial charge < -0.3 is 19.9 Å². The Hall–Kier alpha value is -2.77. The fourth-order valence-electron chi connectivity index (χ4n) is 3.58. The molecule has 4 heterocycles. The molecule has 6 nitrogen and oxygen atoms in total. The molecule has 0 bridgehead atoms. The van der Waals surface area contributed by atoms with Crippen molar-refractivity contribution in [3.8, 4) is 5.69 Å². The Bertz CT molecular complexity index is 899. The van der Waals surface area contributed by atoms with E-state index in [9.17, 15) is 5.11 Å². The number of pyridine rings is 2. The fourth-order valence-corrected chi connectivity index (χ4v) is 3.92. The van der Waals surface area contributed by atoms with E-state index in [-0.39, 0.29) is 18.7 Å². The highest BCUT2D eigenvalue weighted by Crippen LogP contribution is 2.39. The molecule has 0 aromatic carbocycles. The molecule has 27 heavy (non-hydrogen) atoms. The van der Waals surface area contributed by atoms with Gasteiger partial charge in [-0.2, -0.15) is 0 Å². The van der Waals surface area contributed by atoms with E-state index < -0.39 is 0 Å². The van der Waals surface area contributed by atoms with E-state index in [2.05, 4.69) is 30.8 Å². The summed E-state index contributed by atoms with van der Waals surface area (Å²) < 4.78 is 2.16. The quantitative estimate of drug-likeness (QED) is 0.642. The normalized spacial score (nSPS) is 19.3. The summed E-state index contributed by atoms with van der Waals surface area (Å²) >= 11 is 5.63. The molecule has 0 radical (unpaired) electrons. The van der Waals surface area contributed by atoms with Crippen LogP contribution in [0.3, 0.4) is 0 Å². The standard InChI is InChI=1S/C20H21N5OS/c26-14-4-13-25-19(18(23-20(25)27)16-5-1-2-9-22-16)17-6-3-12-24(17)15-7-10-21-11-8-15/h1-3,5-12,18-19,26H,4,13-14H2,(H,23,27)/t18-,19+/m0/s1. The maximum atomic E-state index is 9.33. The summed E-state index contributed by atoms with van der Waals surface area (Å²) in [5, 5.41) is 13.5. The maximum Gasteiger partial charge on any atom is 0.170 e. The Morgan fingerprint density at radius 3 is 2.67 bits per heavy atom. The van der Waals surface area contributed by atoms with Crippen molar-refractivity contribution in [1.82, 2.24) is 24.8 Å². The molecule has 0 amide bonds. The molecular formula is C20H21N5OS. The topological polar surface area (TPSA) is 66.2 Å². The van der Waals surface area contributed by atoms with Crippen LogP contribution in [0.2, 0.25) is 0 Å². The molecule has 0 spiro atoms. The average molecular weight is 379 g/mol. The minimum atomic E-state index is -0.0621. The van der Waals surface area contributed by atoms with Gasteiger partial charge in [-0.25, -0.2) is 0 Å². The van der Waals surface area contributed by atoms with Gasteiger partial charge in [-0.05, 0) is 55.0 Å². The monoisotopic (exact) mass is 379 g/mol. The summed E-state index contributed by atoms with van der Waals surface area (Å²) in [6, 6.07) is 13.9. The second-order valence-electron chi connectivity index (χ2n) is 6.41. The third kappa shape index (κ3) is 3.43. The van der Waals surface area contributed by atoms with Crippen LogP contribution in [-0.4, -0.2) is 42.8 Å². The van der Waals surface area contributed by atoms with Crippen LogP contribution in [-0.2, 0) is 0 Å². The van der Waals surface area contributed by atoms with Gasteiger partial charge in [-0.15, -0.1) is 0 Å². The first-order valence-corrected chi connectivity index (χ1v) is 9.37. The number of nitrogens with zero attached hydrogens (tertiary/aromatic N) is 4. The van der Waals surface area contributed by atoms with Crippen LogP contribution in [0.25, 0.3) is 5.69 Å². The van der Waals surface area contributed by atoms with E-state index in [0.717, 1.165) is 17.1 Å². The van der Waals surface area contributed by atoms with Crippen LogP contribution in [0.15, 0.2) is 67.3 Å². The third-order valence-electron chi connectivity index (χ3n) is 4.78. The van der Waals surface area contributed by atoms with Gasteiger partial charge in [0.2, 0.25) is 0 Å². The lowest BCUT2D eigenvalue weighted by Crippen LogP contribution is -2.31. The number of aliphatic hydroxyl groups is 1. The lowest BCUT2D eigenvalue weighted by molar-refractivity contribution is 0.245. The van der Waals surface area contributed by atoms with Gasteiger partial charge in [0, 0.05) is 49.3 Å². The summed E-state index contributed by atoms with van der Waals surface area (Å²) in [6.07, 6.45) is 8.08. The van der Waals surface area contributed by atoms with Gasteiger partial charge in [0.25, 0.3) is 0 Å². The van der Waals surface area contributed by atoms with Crippen LogP contribution >= 0.6 is 12.2 Å². The zero-order chi connectivity index (χ0) is 18.6. The van der Waals surface area contributed by atoms with Crippen molar-refractivity contribution in [3.63, 3.8) is 0 Å². The first kappa shape index (κ1) is 17.6. The molecule has 3 aromatic rings. The number of nitrogens with one attached hydrogen (secondary N) is 1. The summed E-state index contributed by atoms with van der Waals surface area (Å²) in [5.41, 5.74) is 3.10. The Kier molecular flexibility index (Phi) is 5.13. The van der Waals surface area contributed by atoms with Crippen LogP contribution < -0.4 is 5.32 Å². The Morgan fingerprint density at radius 1 is 1.07 bits per heavy atom. The molecule has 0 unspecified atom stereocenters. The van der Waals surface area contributed by atoms with Crippen molar-refractivity contribution in [1.29, 1.82) is 0 Å². The van der Waals surface area contributed by atoms with Crippen molar-refractivity contribution in [2.45, 2.75) is 18.5 Å². The number of thiocarbonyl (C=S) groups is 1. The van der Waals surface area contributed by atoms with E-state index in [0.29, 0.717) is 18.1 Å². The number of rotatable bonds is 6. The fraction of sp³-hybridized carbons (Fsp3) is 0.250. The van der Waals surface area contributed by atoms with E-state index in [1.54, 1.807) is 18.6 Å². The Balaban J connectivity index is 1.78. The molecule has 0 saturated carbocycles. The number of aromatic nitrogens is 3. The Labute approximate surface area is 163 Å². The van der Waals surface area contributed by atoms with Gasteiger partial charge in [-0.1, -0.05) is 6.07 Å². The summed E-state index contributed by atoms with van der Waals surface area (Å²) in [5.74, 6) is 0. The molecule has 1 aliphatic heterocycles. The molecule has 3 aromatic heterocycles. The second kappa shape index (κ2) is 7.85. The van der Waals surface area contributed by atoms with Crippen molar-refractivity contribution in [2.75, 3.05) is 13.2 Å². The Morgan fingerprint density at radius 2 is 1.93 bits per heavy atom. The van der Waals surface area contributed by atoms with Gasteiger partial charge in [0.1, 0.15) is 0 Å². The summed E-state index contributed by atoms with van der Waals surface area (Å²) in [4.78, 5) is 10.8. The zero-order valence-electron chi connectivity index (χ0n) is 14.8. The van der Waals surface area contributed by atoms with Crippen LogP contribution in [0.5, 0.6) is 0 Å². The van der Waals surface area contributed by atoms with Gasteiger partial charge in [0.15, 0.2) is 5.11 Å². The van der Waals surface area contributed by atoms with Crippen LogP contribution in [0.4, 0.5) is 0 Å². The highest BCUT2D eigenvalue weighted by Gasteiger charge is 2.40. The molecule has 2 atom stereocenters. The predicted molar refractivity (Wildman–Crippen MR) is 107 cm³/mol. The van der Waals surface area contributed by atoms with E-state index in [1.165, 1.54) is 0 Å². The van der Waals surface area contributed by atoms with Crippen LogP contribution in [0.1, 0.15) is 29.9 Å². The van der Waals surface area contributed by atoms with Crippen LogP contribution in [0, 0.1) is 0 Å². The average Bonchev–Trinajstić information content (AvgIpc) is 3.32. The summed E-state index contributed by atoms with van der Waals surface area (Å²) in [7, 11) is 0. The molecular weight excluding hydrogens is 358 g/mol. The zero-order valence-corrected chi connectivity index (χ0v) is 15.6. The highest BCUT2D eigenvalue weighted by molar-refractivity contribution is 7.80. The van der Waals surface area contributed by atoms with Crippen molar-refractivity contribution in [2.24, 2.45) is 0 Å². The van der Waals surface area contributed by atoms with Gasteiger partial charge in [-0.3, -0.25) is 9.97 Å². The maximum absolute atomic E-state index is 9.33. The highest BCUT2D eigenvalue weighted by atomic mass is 32.1. The summed E-state index contributed by atoms with van der Waals surface area (Å²) in [6.45, 7) is 0.809. The molecule has 4 rings (SSSR count). The second-order valence-corrected chi connectivity index (χ2v) is 6.79. The molecule has 1 fully saturated rings. The minimum absolute atomic E-state index is 0.0258. The largest absolute Gasteiger partial charge is 0.396 e. The number of hydrogen-bond donors (Lipinski definition) is 2. The molecule has 138 valence electrons. The first-order chi connectivity index (χ1) is 13.3. The van der Waals surface area contributed by atoms with Crippen molar-refractivity contribution >= 4 is 17.3 Å². The van der Waals surface area contributed by atoms with Gasteiger partial charge in [0.05, 0.1) is 17.8 Å². The van der Waals surface area contributed by atoms with Crippen molar-refractivity contribution < 1.29 is 5.11 Å². The molecule has 1 aliphatic rings. The van der Waals surface area contributed by atoms with E-state index in [4.69, 9.17) is 12.2 Å². The van der Waals surface area contributed by atoms with E-state index in [1.807, 2.05) is 42.6 Å². The molecule has 2 N–H and O–H groups in total. The number of aliphatic hydroxyl groups excluding tert-OH is 1. The molecule has 0 aliphatic carbocycles. The van der Waals surface area contributed by atoms with Gasteiger partial charge >= 0.3 is 0 Å². The predicted octanol–water partition coefficient (Wildman–Crippen LogP) is 2.62. The number of hydrogen-bond acceptors (Lipinski definition) is 4. The van der Waals surface area contributed by atoms with E-state index >= 15 is 0 Å². The molecule has 7 heteroatoms. The van der Waals surface area contributed by atoms with Crippen molar-refractivity contribution in [3.05, 3.63) is 78.6 Å². The third-order valence-corrected chi connectivity index (χ3v) is 5.13. The lowest BCUT2D eigenvalue weighted by atomic mass is 10.0.